The van der Waals surface area contributed by atoms with Crippen LogP contribution in [0.5, 0.6) is 0 Å². The average Bonchev–Trinajstić information content (AvgIpc) is 3.33. The average molecular weight is 940 g/mol. The van der Waals surface area contributed by atoms with Crippen molar-refractivity contribution in [2.24, 2.45) is 0 Å². The molecule has 0 radical (unpaired) electrons. The molecule has 0 spiro atoms. The fourth-order valence-corrected chi connectivity index (χ4v) is 8.39. The van der Waals surface area contributed by atoms with Crippen molar-refractivity contribution >= 4 is 17.9 Å². The highest BCUT2D eigenvalue weighted by molar-refractivity contribution is 5.71. The summed E-state index contributed by atoms with van der Waals surface area (Å²) < 4.78 is 16.9. The van der Waals surface area contributed by atoms with Crippen LogP contribution in [-0.2, 0) is 28.6 Å². The van der Waals surface area contributed by atoms with Crippen molar-refractivity contribution < 1.29 is 28.6 Å². The number of hydrogen-bond acceptors (Lipinski definition) is 6. The maximum Gasteiger partial charge on any atom is 0.306 e. The standard InChI is InChI=1S/C61H110O6/c1-4-7-10-13-16-19-22-25-27-29-31-33-34-36-39-42-45-48-51-54-60(63)66-57-58(56-65-59(62)53-50-47-44-41-38-24-21-18-15-12-9-6-3)67-61(64)55-52-49-46-43-40-37-35-32-30-28-26-23-20-17-14-11-8-5-2/h16,19-20,23,25,27-28,30,58H,4-15,17-18,21-22,24,26,29,31-57H2,1-3H3/b19-16-,23-20-,27-25-,30-28-. The van der Waals surface area contributed by atoms with E-state index in [-0.39, 0.29) is 31.1 Å². The number of unbranched alkanes of at least 4 members (excludes halogenated alkanes) is 34. The van der Waals surface area contributed by atoms with Crippen LogP contribution >= 0.6 is 0 Å². The van der Waals surface area contributed by atoms with E-state index in [1.807, 2.05) is 0 Å². The van der Waals surface area contributed by atoms with Gasteiger partial charge in [0.05, 0.1) is 0 Å². The molecule has 0 amide bonds. The topological polar surface area (TPSA) is 78.9 Å². The molecule has 0 aromatic carbocycles. The van der Waals surface area contributed by atoms with Gasteiger partial charge in [0, 0.05) is 19.3 Å². The smallest absolute Gasteiger partial charge is 0.306 e. The monoisotopic (exact) mass is 939 g/mol. The summed E-state index contributed by atoms with van der Waals surface area (Å²) in [4.78, 5) is 38.1. The lowest BCUT2D eigenvalue weighted by atomic mass is 10.0. The first-order valence-corrected chi connectivity index (χ1v) is 29.1. The lowest BCUT2D eigenvalue weighted by Crippen LogP contribution is -2.30. The summed E-state index contributed by atoms with van der Waals surface area (Å²) in [5, 5.41) is 0. The van der Waals surface area contributed by atoms with E-state index in [1.165, 1.54) is 186 Å². The molecule has 0 aromatic heterocycles. The second kappa shape index (κ2) is 56.0. The van der Waals surface area contributed by atoms with Crippen molar-refractivity contribution in [2.75, 3.05) is 13.2 Å². The number of ether oxygens (including phenoxy) is 3. The summed E-state index contributed by atoms with van der Waals surface area (Å²) in [7, 11) is 0. The molecule has 0 N–H and O–H groups in total. The predicted octanol–water partition coefficient (Wildman–Crippen LogP) is 19.4. The molecular weight excluding hydrogens is 829 g/mol. The van der Waals surface area contributed by atoms with Crippen LogP contribution in [-0.4, -0.2) is 37.2 Å². The Balaban J connectivity index is 4.34. The Bertz CT molecular complexity index is 1170. The molecule has 0 rings (SSSR count). The maximum absolute atomic E-state index is 12.9. The van der Waals surface area contributed by atoms with E-state index in [9.17, 15) is 14.4 Å². The van der Waals surface area contributed by atoms with Gasteiger partial charge in [0.15, 0.2) is 6.10 Å². The second-order valence-corrected chi connectivity index (χ2v) is 19.6. The first-order chi connectivity index (χ1) is 33.0. The van der Waals surface area contributed by atoms with Crippen molar-refractivity contribution in [2.45, 2.75) is 309 Å². The summed E-state index contributed by atoms with van der Waals surface area (Å²) >= 11 is 0. The molecule has 1 unspecified atom stereocenters. The van der Waals surface area contributed by atoms with E-state index in [2.05, 4.69) is 69.4 Å². The first kappa shape index (κ1) is 64.4. The van der Waals surface area contributed by atoms with E-state index < -0.39 is 6.10 Å². The molecule has 6 nitrogen and oxygen atoms in total. The summed E-state index contributed by atoms with van der Waals surface area (Å²) in [5.74, 6) is -0.873. The largest absolute Gasteiger partial charge is 0.462 e. The van der Waals surface area contributed by atoms with Crippen LogP contribution in [0.2, 0.25) is 0 Å². The highest BCUT2D eigenvalue weighted by Crippen LogP contribution is 2.16. The zero-order chi connectivity index (χ0) is 48.6. The number of hydrogen-bond donors (Lipinski definition) is 0. The van der Waals surface area contributed by atoms with Crippen LogP contribution < -0.4 is 0 Å². The number of allylic oxidation sites excluding steroid dienone is 8. The quantitative estimate of drug-likeness (QED) is 0.0262. The minimum atomic E-state index is -0.777. The third kappa shape index (κ3) is 54.2. The van der Waals surface area contributed by atoms with Crippen molar-refractivity contribution in [3.8, 4) is 0 Å². The summed E-state index contributed by atoms with van der Waals surface area (Å²) in [6, 6.07) is 0. The Hall–Kier alpha value is -2.63. The van der Waals surface area contributed by atoms with Crippen LogP contribution in [0.3, 0.4) is 0 Å². The molecule has 0 bridgehead atoms. The fourth-order valence-electron chi connectivity index (χ4n) is 8.39. The molecular formula is C61H110O6. The Morgan fingerprint density at radius 2 is 0.537 bits per heavy atom. The molecule has 1 atom stereocenters. The van der Waals surface area contributed by atoms with Crippen LogP contribution in [0.15, 0.2) is 48.6 Å². The maximum atomic E-state index is 12.9. The first-order valence-electron chi connectivity index (χ1n) is 29.1. The normalized spacial score (nSPS) is 12.3. The van der Waals surface area contributed by atoms with Gasteiger partial charge in [-0.1, -0.05) is 249 Å². The Morgan fingerprint density at radius 1 is 0.299 bits per heavy atom. The van der Waals surface area contributed by atoms with E-state index in [4.69, 9.17) is 14.2 Å². The number of esters is 3. The van der Waals surface area contributed by atoms with Gasteiger partial charge in [-0.2, -0.15) is 0 Å². The van der Waals surface area contributed by atoms with Crippen molar-refractivity contribution in [1.29, 1.82) is 0 Å². The third-order valence-electron chi connectivity index (χ3n) is 12.8. The van der Waals surface area contributed by atoms with E-state index >= 15 is 0 Å². The SMILES string of the molecule is CCCCC/C=C\C/C=C\CCCCCCCCCCCC(=O)OCC(COC(=O)CCCCCCCCCCCCCC)OC(=O)CCCCCCCCC/C=C\C/C=C\CCCCCC. The van der Waals surface area contributed by atoms with Crippen LogP contribution in [0.1, 0.15) is 303 Å². The molecule has 0 aliphatic rings. The number of carbonyl (C=O) groups excluding carboxylic acids is 3. The highest BCUT2D eigenvalue weighted by atomic mass is 16.6. The van der Waals surface area contributed by atoms with E-state index in [0.717, 1.165) is 77.0 Å². The number of rotatable bonds is 53. The molecule has 0 saturated carbocycles. The van der Waals surface area contributed by atoms with Gasteiger partial charge in [0.2, 0.25) is 0 Å². The molecule has 0 aliphatic carbocycles. The summed E-state index contributed by atoms with van der Waals surface area (Å²) in [6.45, 7) is 6.62. The highest BCUT2D eigenvalue weighted by Gasteiger charge is 2.19. The van der Waals surface area contributed by atoms with Gasteiger partial charge in [0.25, 0.3) is 0 Å². The fraction of sp³-hybridized carbons (Fsp3) is 0.820. The number of carbonyl (C=O) groups is 3. The lowest BCUT2D eigenvalue weighted by Gasteiger charge is -2.18. The molecule has 0 aromatic rings. The zero-order valence-corrected chi connectivity index (χ0v) is 44.7. The second-order valence-electron chi connectivity index (χ2n) is 19.6. The minimum absolute atomic E-state index is 0.0747. The Morgan fingerprint density at radius 3 is 0.866 bits per heavy atom. The van der Waals surface area contributed by atoms with Gasteiger partial charge in [0.1, 0.15) is 13.2 Å². The lowest BCUT2D eigenvalue weighted by molar-refractivity contribution is -0.167. The Kier molecular flexibility index (Phi) is 53.8. The van der Waals surface area contributed by atoms with Crippen molar-refractivity contribution in [3.05, 3.63) is 48.6 Å². The van der Waals surface area contributed by atoms with Crippen LogP contribution in [0.25, 0.3) is 0 Å². The zero-order valence-electron chi connectivity index (χ0n) is 44.7. The van der Waals surface area contributed by atoms with Gasteiger partial charge >= 0.3 is 17.9 Å². The van der Waals surface area contributed by atoms with Crippen LogP contribution in [0, 0.1) is 0 Å². The van der Waals surface area contributed by atoms with Gasteiger partial charge in [-0.15, -0.1) is 0 Å². The van der Waals surface area contributed by atoms with Gasteiger partial charge in [-0.25, -0.2) is 0 Å². The molecule has 0 fully saturated rings. The molecule has 6 heteroatoms. The Labute approximate surface area is 416 Å². The van der Waals surface area contributed by atoms with E-state index in [0.29, 0.717) is 19.3 Å². The van der Waals surface area contributed by atoms with Gasteiger partial charge < -0.3 is 14.2 Å². The summed E-state index contributed by atoms with van der Waals surface area (Å²) in [5.41, 5.74) is 0. The molecule has 67 heavy (non-hydrogen) atoms. The predicted molar refractivity (Wildman–Crippen MR) is 289 cm³/mol. The molecule has 0 aliphatic heterocycles. The molecule has 0 saturated heterocycles. The van der Waals surface area contributed by atoms with Crippen molar-refractivity contribution in [1.82, 2.24) is 0 Å². The van der Waals surface area contributed by atoms with Crippen LogP contribution in [0.4, 0.5) is 0 Å². The molecule has 0 heterocycles. The van der Waals surface area contributed by atoms with Crippen molar-refractivity contribution in [3.63, 3.8) is 0 Å². The molecule has 390 valence electrons. The minimum Gasteiger partial charge on any atom is -0.462 e. The van der Waals surface area contributed by atoms with E-state index in [1.54, 1.807) is 0 Å². The van der Waals surface area contributed by atoms with Gasteiger partial charge in [-0.3, -0.25) is 14.4 Å². The third-order valence-corrected chi connectivity index (χ3v) is 12.8. The summed E-state index contributed by atoms with van der Waals surface area (Å²) in [6.07, 6.45) is 68.1. The van der Waals surface area contributed by atoms with Gasteiger partial charge in [-0.05, 0) is 83.5 Å².